The van der Waals surface area contributed by atoms with Crippen molar-refractivity contribution in [3.63, 3.8) is 0 Å². The number of carboxylic acids is 1. The smallest absolute Gasteiger partial charge is 0.414 e. The summed E-state index contributed by atoms with van der Waals surface area (Å²) in [6, 6.07) is 5.89. The molecule has 2 aromatic carbocycles. The summed E-state index contributed by atoms with van der Waals surface area (Å²) in [6.07, 6.45) is 0.980. The molecule has 2 N–H and O–H groups in total. The highest BCUT2D eigenvalue weighted by atomic mass is 19.3. The fourth-order valence-electron chi connectivity index (χ4n) is 6.07. The molecule has 1 aromatic heterocycles. The molecule has 1 aliphatic carbocycles. The first-order valence-electron chi connectivity index (χ1n) is 13.2. The van der Waals surface area contributed by atoms with Gasteiger partial charge < -0.3 is 24.3 Å². The number of nitrogens with zero attached hydrogens (tertiary/aromatic N) is 3. The van der Waals surface area contributed by atoms with Crippen molar-refractivity contribution >= 4 is 28.8 Å². The molecule has 1 fully saturated rings. The Morgan fingerprint density at radius 3 is 2.62 bits per heavy atom. The number of carbonyl (C=O) groups is 2. The number of benzene rings is 2. The van der Waals surface area contributed by atoms with Crippen molar-refractivity contribution in [2.45, 2.75) is 70.2 Å². The third kappa shape index (κ3) is 4.96. The standard InChI is InChI=1S/C28H30F3N3O6/c1-14-6-8-18-20(33(14)28(38)39-2)9-10-21-23(18)32-25(34(21)17-5-3-4-15(12-17)26(36)37)24(35)19-13-16(29)7-11-22(19)40-27(30)31/h7,9-11,13-15,17,24,27,35H,3-6,8,12H2,1-2H3,(H,36,37)/t14-,15+,17?,24-/m0/s1. The zero-order valence-electron chi connectivity index (χ0n) is 22.0. The highest BCUT2D eigenvalue weighted by Gasteiger charge is 2.36. The average Bonchev–Trinajstić information content (AvgIpc) is 3.33. The van der Waals surface area contributed by atoms with Crippen molar-refractivity contribution in [2.24, 2.45) is 5.92 Å². The van der Waals surface area contributed by atoms with Gasteiger partial charge in [-0.05, 0) is 69.4 Å². The number of ether oxygens (including phenoxy) is 2. The van der Waals surface area contributed by atoms with Crippen LogP contribution in [0.5, 0.6) is 5.75 Å². The molecule has 2 heterocycles. The van der Waals surface area contributed by atoms with Crippen LogP contribution in [0, 0.1) is 11.7 Å². The molecular formula is C28H30F3N3O6. The van der Waals surface area contributed by atoms with Crippen molar-refractivity contribution in [1.82, 2.24) is 9.55 Å². The van der Waals surface area contributed by atoms with Gasteiger partial charge in [0.2, 0.25) is 0 Å². The number of fused-ring (bicyclic) bond motifs is 3. The van der Waals surface area contributed by atoms with Gasteiger partial charge in [-0.15, -0.1) is 0 Å². The number of carboxylic acid groups (broad SMARTS) is 1. The maximum Gasteiger partial charge on any atom is 0.414 e. The van der Waals surface area contributed by atoms with E-state index in [4.69, 9.17) is 9.72 Å². The molecular weight excluding hydrogens is 531 g/mol. The van der Waals surface area contributed by atoms with Crippen LogP contribution in [0.4, 0.5) is 23.7 Å². The number of anilines is 1. The fourth-order valence-corrected chi connectivity index (χ4v) is 6.07. The number of aliphatic hydroxyl groups is 1. The molecule has 0 saturated heterocycles. The Balaban J connectivity index is 1.71. The third-order valence-corrected chi connectivity index (χ3v) is 7.94. The summed E-state index contributed by atoms with van der Waals surface area (Å²) in [5.41, 5.74) is 2.18. The number of carbonyl (C=O) groups excluding carboxylic acids is 1. The number of rotatable bonds is 6. The van der Waals surface area contributed by atoms with Crippen molar-refractivity contribution in [2.75, 3.05) is 12.0 Å². The number of aryl methyl sites for hydroxylation is 1. The van der Waals surface area contributed by atoms with Gasteiger partial charge >= 0.3 is 18.7 Å². The van der Waals surface area contributed by atoms with Crippen molar-refractivity contribution in [3.8, 4) is 5.75 Å². The number of methoxy groups -OCH3 is 1. The van der Waals surface area contributed by atoms with Crippen LogP contribution in [0.3, 0.4) is 0 Å². The summed E-state index contributed by atoms with van der Waals surface area (Å²) in [5.74, 6) is -2.65. The molecule has 40 heavy (non-hydrogen) atoms. The van der Waals surface area contributed by atoms with Gasteiger partial charge in [-0.1, -0.05) is 6.42 Å². The largest absolute Gasteiger partial charge is 0.481 e. The number of aromatic nitrogens is 2. The van der Waals surface area contributed by atoms with Crippen LogP contribution in [0.25, 0.3) is 11.0 Å². The Kier molecular flexibility index (Phi) is 7.63. The van der Waals surface area contributed by atoms with Crippen LogP contribution in [0.15, 0.2) is 30.3 Å². The Bertz CT molecular complexity index is 1440. The number of alkyl halides is 2. The van der Waals surface area contributed by atoms with E-state index in [0.717, 1.165) is 23.8 Å². The second-order valence-corrected chi connectivity index (χ2v) is 10.3. The topological polar surface area (TPSA) is 114 Å². The summed E-state index contributed by atoms with van der Waals surface area (Å²) in [5, 5.41) is 21.3. The lowest BCUT2D eigenvalue weighted by molar-refractivity contribution is -0.143. The summed E-state index contributed by atoms with van der Waals surface area (Å²) in [7, 11) is 1.30. The second-order valence-electron chi connectivity index (χ2n) is 10.3. The number of imidazole rings is 1. The van der Waals surface area contributed by atoms with Crippen LogP contribution >= 0.6 is 0 Å². The van der Waals surface area contributed by atoms with Crippen LogP contribution < -0.4 is 9.64 Å². The normalized spacial score (nSPS) is 21.8. The lowest BCUT2D eigenvalue weighted by atomic mass is 9.85. The molecule has 4 atom stereocenters. The summed E-state index contributed by atoms with van der Waals surface area (Å²) in [6.45, 7) is -1.30. The minimum absolute atomic E-state index is 0.0485. The van der Waals surface area contributed by atoms with Gasteiger partial charge in [-0.25, -0.2) is 14.2 Å². The lowest BCUT2D eigenvalue weighted by Crippen LogP contribution is -2.42. The van der Waals surface area contributed by atoms with Gasteiger partial charge in [0, 0.05) is 23.2 Å². The number of halogens is 3. The highest BCUT2D eigenvalue weighted by molar-refractivity contribution is 5.95. The van der Waals surface area contributed by atoms with Crippen molar-refractivity contribution in [3.05, 3.63) is 53.1 Å². The van der Waals surface area contributed by atoms with E-state index in [2.05, 4.69) is 4.74 Å². The minimum atomic E-state index is -3.21. The number of aliphatic carboxylic acids is 1. The van der Waals surface area contributed by atoms with Gasteiger partial charge in [0.1, 0.15) is 23.5 Å². The molecule has 9 nitrogen and oxygen atoms in total. The van der Waals surface area contributed by atoms with Crippen molar-refractivity contribution < 1.29 is 42.4 Å². The van der Waals surface area contributed by atoms with E-state index in [1.807, 2.05) is 6.92 Å². The molecule has 0 radical (unpaired) electrons. The lowest BCUT2D eigenvalue weighted by Gasteiger charge is -2.34. The Hall–Kier alpha value is -3.80. The number of hydrogen-bond acceptors (Lipinski definition) is 6. The minimum Gasteiger partial charge on any atom is -0.481 e. The molecule has 0 spiro atoms. The maximum atomic E-state index is 14.3. The highest BCUT2D eigenvalue weighted by Crippen LogP contribution is 2.43. The quantitative estimate of drug-likeness (QED) is 0.404. The van der Waals surface area contributed by atoms with E-state index in [1.54, 1.807) is 16.7 Å². The Morgan fingerprint density at radius 1 is 1.15 bits per heavy atom. The SMILES string of the molecule is COC(=O)N1c2ccc3c(nc([C@@H](O)c4cc(F)ccc4OC(F)F)n3C3CCC[C@@H](C(=O)O)C3)c2CC[C@@H]1C. The monoisotopic (exact) mass is 561 g/mol. The number of aliphatic hydroxyl groups excluding tert-OH is 1. The molecule has 12 heteroatoms. The molecule has 5 rings (SSSR count). The van der Waals surface area contributed by atoms with Crippen molar-refractivity contribution in [1.29, 1.82) is 0 Å². The Labute approximate surface area is 228 Å². The van der Waals surface area contributed by atoms with Gasteiger partial charge in [0.25, 0.3) is 0 Å². The van der Waals surface area contributed by atoms with E-state index in [9.17, 15) is 33.0 Å². The van der Waals surface area contributed by atoms with E-state index in [-0.39, 0.29) is 29.9 Å². The number of hydrogen-bond donors (Lipinski definition) is 2. The molecule has 1 saturated carbocycles. The van der Waals surface area contributed by atoms with Gasteiger partial charge in [0.15, 0.2) is 0 Å². The zero-order chi connectivity index (χ0) is 28.7. The van der Waals surface area contributed by atoms with Gasteiger partial charge in [-0.3, -0.25) is 9.69 Å². The van der Waals surface area contributed by atoms with E-state index in [1.165, 1.54) is 12.0 Å². The second kappa shape index (κ2) is 11.0. The summed E-state index contributed by atoms with van der Waals surface area (Å²) >= 11 is 0. The predicted octanol–water partition coefficient (Wildman–Crippen LogP) is 5.58. The Morgan fingerprint density at radius 2 is 1.93 bits per heavy atom. The average molecular weight is 562 g/mol. The van der Waals surface area contributed by atoms with Crippen LogP contribution in [0.1, 0.15) is 68.1 Å². The first kappa shape index (κ1) is 27.8. The molecule has 1 unspecified atom stereocenters. The zero-order valence-corrected chi connectivity index (χ0v) is 22.0. The molecule has 2 aliphatic rings. The first-order valence-corrected chi connectivity index (χ1v) is 13.2. The van der Waals surface area contributed by atoms with Crippen LogP contribution in [-0.4, -0.2) is 51.6 Å². The fraction of sp³-hybridized carbons (Fsp3) is 0.464. The van der Waals surface area contributed by atoms with E-state index >= 15 is 0 Å². The third-order valence-electron chi connectivity index (χ3n) is 7.94. The number of amides is 1. The van der Waals surface area contributed by atoms with Gasteiger partial charge in [0.05, 0.1) is 29.7 Å². The molecule has 214 valence electrons. The molecule has 1 amide bonds. The van der Waals surface area contributed by atoms with Crippen LogP contribution in [-0.2, 0) is 16.0 Å². The molecule has 1 aliphatic heterocycles. The first-order chi connectivity index (χ1) is 19.1. The van der Waals surface area contributed by atoms with Gasteiger partial charge in [-0.2, -0.15) is 8.78 Å². The maximum absolute atomic E-state index is 14.3. The molecule has 0 bridgehead atoms. The summed E-state index contributed by atoms with van der Waals surface area (Å²) in [4.78, 5) is 30.8. The van der Waals surface area contributed by atoms with E-state index in [0.29, 0.717) is 48.8 Å². The predicted molar refractivity (Wildman–Crippen MR) is 138 cm³/mol. The van der Waals surface area contributed by atoms with Crippen LogP contribution in [0.2, 0.25) is 0 Å². The molecule has 3 aromatic rings. The summed E-state index contributed by atoms with van der Waals surface area (Å²) < 4.78 is 51.9. The van der Waals surface area contributed by atoms with E-state index < -0.39 is 42.3 Å².